The van der Waals surface area contributed by atoms with Gasteiger partial charge in [-0.1, -0.05) is 230 Å². The van der Waals surface area contributed by atoms with E-state index in [0.29, 0.717) is 23.9 Å². The predicted octanol–water partition coefficient (Wildman–Crippen LogP) is 19.3. The summed E-state index contributed by atoms with van der Waals surface area (Å²) >= 11 is 0. The minimum atomic E-state index is -4.40. The molecule has 2 atom stereocenters. The van der Waals surface area contributed by atoms with Crippen molar-refractivity contribution >= 4 is 19.8 Å². The molecule has 0 saturated carbocycles. The number of ether oxygens (including phenoxy) is 2. The molecule has 0 aromatic rings. The molecule has 9 nitrogen and oxygen atoms in total. The lowest BCUT2D eigenvalue weighted by Gasteiger charge is -2.24. The molecule has 2 unspecified atom stereocenters. The van der Waals surface area contributed by atoms with Crippen LogP contribution in [0.4, 0.5) is 0 Å². The van der Waals surface area contributed by atoms with Crippen LogP contribution in [0.1, 0.15) is 206 Å². The van der Waals surface area contributed by atoms with Gasteiger partial charge in [0, 0.05) is 12.8 Å². The van der Waals surface area contributed by atoms with Crippen LogP contribution in [0.5, 0.6) is 0 Å². The van der Waals surface area contributed by atoms with E-state index in [9.17, 15) is 19.0 Å². The summed E-state index contributed by atoms with van der Waals surface area (Å²) in [6.07, 6.45) is 86.1. The first-order valence-electron chi connectivity index (χ1n) is 30.2. The first-order chi connectivity index (χ1) is 38.0. The van der Waals surface area contributed by atoms with E-state index in [1.807, 2.05) is 21.1 Å². The Labute approximate surface area is 477 Å². The number of unbranched alkanes of at least 4 members (excludes halogenated alkanes) is 13. The summed E-state index contributed by atoms with van der Waals surface area (Å²) in [6.45, 7) is 4.15. The second kappa shape index (κ2) is 57.3. The molecule has 0 spiro atoms. The highest BCUT2D eigenvalue weighted by molar-refractivity contribution is 7.47. The van der Waals surface area contributed by atoms with E-state index in [4.69, 9.17) is 18.5 Å². The highest BCUT2D eigenvalue weighted by atomic mass is 31.2. The van der Waals surface area contributed by atoms with E-state index < -0.39 is 32.5 Å². The van der Waals surface area contributed by atoms with Crippen LogP contribution in [-0.2, 0) is 32.7 Å². The van der Waals surface area contributed by atoms with Gasteiger partial charge in [-0.15, -0.1) is 0 Å². The minimum Gasteiger partial charge on any atom is -0.462 e. The molecule has 0 fully saturated rings. The molecule has 440 valence electrons. The SMILES string of the molecule is CC/C=C\C/C=C\C/C=C\C/C=C\C/C=C\C/C=C\C/C=C\C/C=C\C/C=C\C/C=C\CCCCCCCCCCC(=O)OC(COC(=O)CCCCCCC/C=C\C/C=C\C/C=C\CC)COP(=O)(O)OCC[N+](C)(C)C. The predicted molar refractivity (Wildman–Crippen MR) is 334 cm³/mol. The zero-order valence-electron chi connectivity index (χ0n) is 49.8. The molecular formula is C68H111NO8P+. The summed E-state index contributed by atoms with van der Waals surface area (Å²) in [4.78, 5) is 35.6. The number of quaternary nitrogens is 1. The lowest BCUT2D eigenvalue weighted by molar-refractivity contribution is -0.870. The molecule has 0 saturated heterocycles. The van der Waals surface area contributed by atoms with Gasteiger partial charge >= 0.3 is 19.8 Å². The smallest absolute Gasteiger partial charge is 0.462 e. The molecule has 0 aliphatic rings. The van der Waals surface area contributed by atoms with Gasteiger partial charge in [-0.05, 0) is 122 Å². The Morgan fingerprint density at radius 1 is 0.397 bits per heavy atom. The van der Waals surface area contributed by atoms with Gasteiger partial charge in [0.05, 0.1) is 27.7 Å². The van der Waals surface area contributed by atoms with Crippen molar-refractivity contribution < 1.29 is 42.1 Å². The van der Waals surface area contributed by atoms with Crippen molar-refractivity contribution in [3.63, 3.8) is 0 Å². The second-order valence-electron chi connectivity index (χ2n) is 20.6. The first-order valence-corrected chi connectivity index (χ1v) is 31.7. The maximum atomic E-state index is 12.8. The van der Waals surface area contributed by atoms with Crippen LogP contribution in [0.3, 0.4) is 0 Å². The van der Waals surface area contributed by atoms with Crippen molar-refractivity contribution in [2.75, 3.05) is 47.5 Å². The number of hydrogen-bond acceptors (Lipinski definition) is 7. The third-order valence-corrected chi connectivity index (χ3v) is 13.0. The number of phosphoric acid groups is 1. The van der Waals surface area contributed by atoms with Crippen molar-refractivity contribution in [3.8, 4) is 0 Å². The van der Waals surface area contributed by atoms with Gasteiger partial charge in [0.2, 0.25) is 0 Å². The summed E-state index contributed by atoms with van der Waals surface area (Å²) in [5.74, 6) is -0.840. The summed E-state index contributed by atoms with van der Waals surface area (Å²) in [7, 11) is 1.44. The maximum Gasteiger partial charge on any atom is 0.472 e. The third-order valence-electron chi connectivity index (χ3n) is 12.1. The van der Waals surface area contributed by atoms with Crippen molar-refractivity contribution in [2.24, 2.45) is 0 Å². The Bertz CT molecular complexity index is 1870. The number of likely N-dealkylation sites (N-methyl/N-ethyl adjacent to an activating group) is 1. The molecule has 0 aliphatic heterocycles. The largest absolute Gasteiger partial charge is 0.472 e. The van der Waals surface area contributed by atoms with E-state index in [-0.39, 0.29) is 26.1 Å². The molecule has 0 rings (SSSR count). The van der Waals surface area contributed by atoms with E-state index in [1.165, 1.54) is 25.7 Å². The van der Waals surface area contributed by atoms with E-state index >= 15 is 0 Å². The van der Waals surface area contributed by atoms with Crippen LogP contribution in [-0.4, -0.2) is 74.9 Å². The number of nitrogens with zero attached hydrogens (tertiary/aromatic N) is 1. The molecule has 10 heteroatoms. The van der Waals surface area contributed by atoms with Gasteiger partial charge in [0.1, 0.15) is 19.8 Å². The summed E-state index contributed by atoms with van der Waals surface area (Å²) < 4.78 is 34.5. The summed E-state index contributed by atoms with van der Waals surface area (Å²) in [5, 5.41) is 0. The highest BCUT2D eigenvalue weighted by Gasteiger charge is 2.27. The van der Waals surface area contributed by atoms with Gasteiger partial charge in [0.25, 0.3) is 0 Å². The van der Waals surface area contributed by atoms with Gasteiger partial charge in [0.15, 0.2) is 6.10 Å². The number of rotatable bonds is 53. The van der Waals surface area contributed by atoms with Crippen molar-refractivity contribution in [1.29, 1.82) is 0 Å². The quantitative estimate of drug-likeness (QED) is 0.0211. The Hall–Kier alpha value is -4.37. The number of allylic oxidation sites excluding steroid dienone is 26. The maximum absolute atomic E-state index is 12.8. The molecule has 0 aromatic heterocycles. The Morgan fingerprint density at radius 3 is 1.03 bits per heavy atom. The zero-order valence-corrected chi connectivity index (χ0v) is 50.7. The molecule has 0 aromatic carbocycles. The summed E-state index contributed by atoms with van der Waals surface area (Å²) in [5.41, 5.74) is 0. The fraction of sp³-hybridized carbons (Fsp3) is 0.588. The van der Waals surface area contributed by atoms with Gasteiger partial charge < -0.3 is 18.9 Å². The third kappa shape index (κ3) is 60.9. The standard InChI is InChI=1S/C68H110NO8P/c1-6-8-10-12-14-16-18-20-22-23-24-25-26-27-28-29-30-31-32-33-34-35-36-37-38-39-40-41-42-43-44-45-47-49-51-53-55-57-59-61-68(71)77-66(65-76-78(72,73)75-63-62-69(3,4)5)64-74-67(70)60-58-56-54-52-50-48-46-21-19-17-15-13-11-9-7-2/h8-11,14-17,20-22,24-25,27-28,30-31,33-34,36-37,39-40,42-43,46,66H,6-7,12-13,18-19,23,26,29,32,35,38,41,44-45,47-65H2,1-5H3/p+1/b10-8-,11-9-,16-14-,17-15-,22-20-,25-24-,28-27-,31-30-,34-33-,37-36-,40-39-,43-42-,46-21-. The summed E-state index contributed by atoms with van der Waals surface area (Å²) in [6, 6.07) is 0. The van der Waals surface area contributed by atoms with Crippen molar-refractivity contribution in [1.82, 2.24) is 0 Å². The number of hydrogen-bond donors (Lipinski definition) is 1. The zero-order chi connectivity index (χ0) is 57.0. The second-order valence-corrected chi connectivity index (χ2v) is 22.1. The average Bonchev–Trinajstić information content (AvgIpc) is 3.41. The van der Waals surface area contributed by atoms with Crippen molar-refractivity contribution in [2.45, 2.75) is 213 Å². The monoisotopic (exact) mass is 1100 g/mol. The number of carbonyl (C=O) groups is 2. The highest BCUT2D eigenvalue weighted by Crippen LogP contribution is 2.43. The van der Waals surface area contributed by atoms with Gasteiger partial charge in [-0.2, -0.15) is 0 Å². The average molecular weight is 1100 g/mol. The molecule has 0 heterocycles. The van der Waals surface area contributed by atoms with Crippen LogP contribution in [0, 0.1) is 0 Å². The van der Waals surface area contributed by atoms with Gasteiger partial charge in [-0.25, -0.2) is 4.57 Å². The molecule has 1 N–H and O–H groups in total. The molecule has 0 radical (unpaired) electrons. The Balaban J connectivity index is 4.15. The molecule has 0 bridgehead atoms. The Kier molecular flexibility index (Phi) is 54.1. The Morgan fingerprint density at radius 2 is 0.692 bits per heavy atom. The van der Waals surface area contributed by atoms with E-state index in [2.05, 4.69) is 172 Å². The number of esters is 2. The van der Waals surface area contributed by atoms with Crippen LogP contribution < -0.4 is 0 Å². The number of phosphoric ester groups is 1. The van der Waals surface area contributed by atoms with Crippen LogP contribution in [0.15, 0.2) is 158 Å². The van der Waals surface area contributed by atoms with E-state index in [1.54, 1.807) is 0 Å². The first kappa shape index (κ1) is 73.6. The fourth-order valence-corrected chi connectivity index (χ4v) is 8.21. The van der Waals surface area contributed by atoms with Crippen LogP contribution in [0.2, 0.25) is 0 Å². The lowest BCUT2D eigenvalue weighted by atomic mass is 10.1. The van der Waals surface area contributed by atoms with Crippen LogP contribution >= 0.6 is 7.82 Å². The van der Waals surface area contributed by atoms with Crippen molar-refractivity contribution in [3.05, 3.63) is 158 Å². The van der Waals surface area contributed by atoms with Gasteiger partial charge in [-0.3, -0.25) is 18.6 Å². The minimum absolute atomic E-state index is 0.0184. The molecule has 78 heavy (non-hydrogen) atoms. The number of carbonyl (C=O) groups excluding carboxylic acids is 2. The normalized spacial score (nSPS) is 14.4. The molecular weight excluding hydrogens is 990 g/mol. The fourth-order valence-electron chi connectivity index (χ4n) is 7.47. The molecule has 0 amide bonds. The molecule has 0 aliphatic carbocycles. The van der Waals surface area contributed by atoms with Crippen LogP contribution in [0.25, 0.3) is 0 Å². The van der Waals surface area contributed by atoms with E-state index in [0.717, 1.165) is 141 Å². The lowest BCUT2D eigenvalue weighted by Crippen LogP contribution is -2.37. The topological polar surface area (TPSA) is 108 Å².